The van der Waals surface area contributed by atoms with E-state index in [9.17, 15) is 9.59 Å². The first-order valence-electron chi connectivity index (χ1n) is 6.62. The average Bonchev–Trinajstić information content (AvgIpc) is 2.70. The number of nitrogens with zero attached hydrogens (tertiary/aromatic N) is 1. The van der Waals surface area contributed by atoms with Crippen LogP contribution >= 0.6 is 11.6 Å². The molecule has 0 aliphatic rings. The molecule has 0 saturated heterocycles. The topological polar surface area (TPSA) is 71.3 Å². The van der Waals surface area contributed by atoms with E-state index in [1.807, 2.05) is 27.7 Å². The highest BCUT2D eigenvalue weighted by atomic mass is 35.5. The SMILES string of the molecule is CC(C)C(CNC(=O)c1cc(Cl)cn1C(C)C)C(=O)O. The number of carbonyl (C=O) groups is 2. The molecule has 0 fully saturated rings. The van der Waals surface area contributed by atoms with Crippen LogP contribution in [0.2, 0.25) is 5.02 Å². The lowest BCUT2D eigenvalue weighted by Gasteiger charge is -2.18. The van der Waals surface area contributed by atoms with Crippen LogP contribution in [-0.4, -0.2) is 28.1 Å². The molecule has 0 saturated carbocycles. The molecule has 0 aromatic carbocycles. The largest absolute Gasteiger partial charge is 0.481 e. The van der Waals surface area contributed by atoms with Crippen LogP contribution in [0.1, 0.15) is 44.2 Å². The Balaban J connectivity index is 2.79. The van der Waals surface area contributed by atoms with Gasteiger partial charge in [-0.25, -0.2) is 0 Å². The number of carbonyl (C=O) groups excluding carboxylic acids is 1. The van der Waals surface area contributed by atoms with Crippen molar-refractivity contribution in [2.75, 3.05) is 6.54 Å². The van der Waals surface area contributed by atoms with Crippen molar-refractivity contribution in [3.63, 3.8) is 0 Å². The van der Waals surface area contributed by atoms with Crippen molar-refractivity contribution in [3.8, 4) is 0 Å². The Morgan fingerprint density at radius 2 is 1.95 bits per heavy atom. The summed E-state index contributed by atoms with van der Waals surface area (Å²) >= 11 is 5.92. The van der Waals surface area contributed by atoms with Gasteiger partial charge in [-0.3, -0.25) is 9.59 Å². The molecular weight excluding hydrogens is 280 g/mol. The molecular formula is C14H21ClN2O3. The molecule has 1 aromatic rings. The van der Waals surface area contributed by atoms with E-state index in [4.69, 9.17) is 16.7 Å². The fourth-order valence-corrected chi connectivity index (χ4v) is 2.16. The Morgan fingerprint density at radius 3 is 2.40 bits per heavy atom. The van der Waals surface area contributed by atoms with Crippen molar-refractivity contribution >= 4 is 23.5 Å². The van der Waals surface area contributed by atoms with Crippen LogP contribution in [0.4, 0.5) is 0 Å². The molecule has 1 heterocycles. The molecule has 2 N–H and O–H groups in total. The number of nitrogens with one attached hydrogen (secondary N) is 1. The minimum Gasteiger partial charge on any atom is -0.481 e. The minimum absolute atomic E-state index is 0.0479. The van der Waals surface area contributed by atoms with E-state index < -0.39 is 11.9 Å². The maximum Gasteiger partial charge on any atom is 0.308 e. The van der Waals surface area contributed by atoms with Gasteiger partial charge in [0.05, 0.1) is 10.9 Å². The minimum atomic E-state index is -0.905. The number of carboxylic acid groups (broad SMARTS) is 1. The summed E-state index contributed by atoms with van der Waals surface area (Å²) in [6.07, 6.45) is 1.69. The molecule has 1 atom stereocenters. The lowest BCUT2D eigenvalue weighted by molar-refractivity contribution is -0.142. The van der Waals surface area contributed by atoms with Gasteiger partial charge < -0.3 is 15.0 Å². The summed E-state index contributed by atoms with van der Waals surface area (Å²) in [5.74, 6) is -1.86. The number of halogens is 1. The van der Waals surface area contributed by atoms with Crippen molar-refractivity contribution in [1.29, 1.82) is 0 Å². The molecule has 20 heavy (non-hydrogen) atoms. The van der Waals surface area contributed by atoms with Gasteiger partial charge in [0, 0.05) is 18.8 Å². The summed E-state index contributed by atoms with van der Waals surface area (Å²) < 4.78 is 1.77. The van der Waals surface area contributed by atoms with Crippen molar-refractivity contribution in [3.05, 3.63) is 23.0 Å². The van der Waals surface area contributed by atoms with Gasteiger partial charge in [0.1, 0.15) is 5.69 Å². The van der Waals surface area contributed by atoms with Crippen LogP contribution < -0.4 is 5.32 Å². The van der Waals surface area contributed by atoms with Gasteiger partial charge in [0.15, 0.2) is 0 Å². The summed E-state index contributed by atoms with van der Waals surface area (Å²) in [7, 11) is 0. The summed E-state index contributed by atoms with van der Waals surface area (Å²) in [5, 5.41) is 12.3. The third-order valence-electron chi connectivity index (χ3n) is 3.21. The van der Waals surface area contributed by atoms with E-state index in [2.05, 4.69) is 5.32 Å². The van der Waals surface area contributed by atoms with Crippen LogP contribution in [0.3, 0.4) is 0 Å². The second kappa shape index (κ2) is 6.79. The molecule has 0 aliphatic heterocycles. The van der Waals surface area contributed by atoms with Crippen LogP contribution in [0.5, 0.6) is 0 Å². The molecule has 112 valence electrons. The molecule has 1 rings (SSSR count). The highest BCUT2D eigenvalue weighted by Gasteiger charge is 2.23. The molecule has 1 amide bonds. The van der Waals surface area contributed by atoms with Gasteiger partial charge in [-0.2, -0.15) is 0 Å². The van der Waals surface area contributed by atoms with Crippen molar-refractivity contribution in [2.24, 2.45) is 11.8 Å². The van der Waals surface area contributed by atoms with E-state index in [0.29, 0.717) is 10.7 Å². The maximum absolute atomic E-state index is 12.1. The first-order chi connectivity index (χ1) is 9.23. The molecule has 1 unspecified atom stereocenters. The Kier molecular flexibility index (Phi) is 5.62. The molecule has 1 aromatic heterocycles. The van der Waals surface area contributed by atoms with E-state index in [1.165, 1.54) is 0 Å². The smallest absolute Gasteiger partial charge is 0.308 e. The van der Waals surface area contributed by atoms with Gasteiger partial charge in [-0.05, 0) is 25.8 Å². The summed E-state index contributed by atoms with van der Waals surface area (Å²) in [5.41, 5.74) is 0.442. The van der Waals surface area contributed by atoms with E-state index in [-0.39, 0.29) is 24.4 Å². The fourth-order valence-electron chi connectivity index (χ4n) is 1.96. The predicted octanol–water partition coefficient (Wildman–Crippen LogP) is 2.81. The third-order valence-corrected chi connectivity index (χ3v) is 3.42. The summed E-state index contributed by atoms with van der Waals surface area (Å²) in [4.78, 5) is 23.2. The zero-order chi connectivity index (χ0) is 15.4. The van der Waals surface area contributed by atoms with E-state index in [1.54, 1.807) is 16.8 Å². The number of hydrogen-bond donors (Lipinski definition) is 2. The Morgan fingerprint density at radius 1 is 1.35 bits per heavy atom. The number of aliphatic carboxylic acids is 1. The number of amides is 1. The number of carboxylic acids is 1. The van der Waals surface area contributed by atoms with Gasteiger partial charge in [-0.1, -0.05) is 25.4 Å². The summed E-state index contributed by atoms with van der Waals surface area (Å²) in [6, 6.07) is 1.69. The van der Waals surface area contributed by atoms with E-state index >= 15 is 0 Å². The molecule has 0 aliphatic carbocycles. The highest BCUT2D eigenvalue weighted by Crippen LogP contribution is 2.19. The zero-order valence-electron chi connectivity index (χ0n) is 12.2. The van der Waals surface area contributed by atoms with Crippen LogP contribution in [0.15, 0.2) is 12.3 Å². The summed E-state index contributed by atoms with van der Waals surface area (Å²) in [6.45, 7) is 7.63. The lowest BCUT2D eigenvalue weighted by atomic mass is 9.96. The molecule has 0 bridgehead atoms. The van der Waals surface area contributed by atoms with Crippen LogP contribution in [-0.2, 0) is 4.79 Å². The second-order valence-electron chi connectivity index (χ2n) is 5.44. The number of hydrogen-bond acceptors (Lipinski definition) is 2. The molecule has 0 radical (unpaired) electrons. The van der Waals surface area contributed by atoms with Gasteiger partial charge >= 0.3 is 5.97 Å². The zero-order valence-corrected chi connectivity index (χ0v) is 12.9. The number of aromatic nitrogens is 1. The fraction of sp³-hybridized carbons (Fsp3) is 0.571. The van der Waals surface area contributed by atoms with Crippen molar-refractivity contribution in [2.45, 2.75) is 33.7 Å². The van der Waals surface area contributed by atoms with E-state index in [0.717, 1.165) is 0 Å². The quantitative estimate of drug-likeness (QED) is 0.848. The number of rotatable bonds is 6. The maximum atomic E-state index is 12.1. The van der Waals surface area contributed by atoms with Gasteiger partial charge in [0.2, 0.25) is 0 Å². The third kappa shape index (κ3) is 4.00. The van der Waals surface area contributed by atoms with Crippen LogP contribution in [0.25, 0.3) is 0 Å². The van der Waals surface area contributed by atoms with Gasteiger partial charge in [-0.15, -0.1) is 0 Å². The Bertz CT molecular complexity index is 495. The normalized spacial score (nSPS) is 12.8. The highest BCUT2D eigenvalue weighted by molar-refractivity contribution is 6.31. The molecule has 6 heteroatoms. The van der Waals surface area contributed by atoms with Crippen molar-refractivity contribution < 1.29 is 14.7 Å². The lowest BCUT2D eigenvalue weighted by Crippen LogP contribution is -2.36. The first kappa shape index (κ1) is 16.6. The molecule has 5 nitrogen and oxygen atoms in total. The van der Waals surface area contributed by atoms with Crippen molar-refractivity contribution in [1.82, 2.24) is 9.88 Å². The monoisotopic (exact) mass is 300 g/mol. The first-order valence-corrected chi connectivity index (χ1v) is 7.00. The van der Waals surface area contributed by atoms with Gasteiger partial charge in [0.25, 0.3) is 5.91 Å². The predicted molar refractivity (Wildman–Crippen MR) is 78.1 cm³/mol. The Labute approximate surface area is 123 Å². The standard InChI is InChI=1S/C14H21ClN2O3/c1-8(2)11(14(19)20)6-16-13(18)12-5-10(15)7-17(12)9(3)4/h5,7-9,11H,6H2,1-4H3,(H,16,18)(H,19,20). The Hall–Kier alpha value is -1.49. The second-order valence-corrected chi connectivity index (χ2v) is 5.88. The average molecular weight is 301 g/mol. The van der Waals surface area contributed by atoms with Crippen LogP contribution in [0, 0.1) is 11.8 Å². The molecule has 0 spiro atoms.